The van der Waals surface area contributed by atoms with Gasteiger partial charge in [-0.05, 0) is 23.9 Å². The third-order valence-corrected chi connectivity index (χ3v) is 5.30. The number of amides is 2. The average molecular weight is 474 g/mol. The number of β-lactam (4-membered cyclic amide) rings is 1. The van der Waals surface area contributed by atoms with Crippen molar-refractivity contribution in [1.82, 2.24) is 10.2 Å². The number of carbonyl (C=O) groups is 3. The van der Waals surface area contributed by atoms with E-state index in [2.05, 4.69) is 11.9 Å². The minimum absolute atomic E-state index is 0.139. The zero-order chi connectivity index (χ0) is 20.4. The van der Waals surface area contributed by atoms with E-state index in [9.17, 15) is 14.4 Å². The normalized spacial score (nSPS) is 20.6. The molecule has 0 radical (unpaired) electrons. The molecule has 0 bridgehead atoms. The molecule has 1 fully saturated rings. The van der Waals surface area contributed by atoms with E-state index in [0.717, 1.165) is 9.78 Å². The van der Waals surface area contributed by atoms with Gasteiger partial charge in [0.15, 0.2) is 6.04 Å². The highest BCUT2D eigenvalue weighted by Crippen LogP contribution is 2.31. The van der Waals surface area contributed by atoms with E-state index in [1.165, 1.54) is 11.3 Å². The molecule has 1 N–H and O–H groups in total. The summed E-state index contributed by atoms with van der Waals surface area (Å²) < 4.78 is 3.15. The smallest absolute Gasteiger partial charge is 0.333 e. The van der Waals surface area contributed by atoms with E-state index in [4.69, 9.17) is 51.1 Å². The molecular weight excluding hydrogens is 458 g/mol. The SMILES string of the molecule is C=C(C)C(C(=O)OCC(Cl)(Cl)Cl)N1C(=O)C(NC(=O)Cc2cccs2)C1Cl. The number of likely N-dealkylation sites (tertiary alicyclic amines) is 1. The number of nitrogens with zero attached hydrogens (tertiary/aromatic N) is 1. The molecule has 0 aliphatic carbocycles. The number of esters is 1. The summed E-state index contributed by atoms with van der Waals surface area (Å²) >= 11 is 24.4. The lowest BCUT2D eigenvalue weighted by atomic mass is 9.99. The number of ether oxygens (including phenoxy) is 1. The molecule has 2 rings (SSSR count). The minimum Gasteiger partial charge on any atom is -0.459 e. The van der Waals surface area contributed by atoms with Gasteiger partial charge in [0.25, 0.3) is 5.91 Å². The Balaban J connectivity index is 1.99. The van der Waals surface area contributed by atoms with E-state index in [1.54, 1.807) is 6.92 Å². The van der Waals surface area contributed by atoms with Crippen molar-refractivity contribution in [3.63, 3.8) is 0 Å². The lowest BCUT2D eigenvalue weighted by Crippen LogP contribution is -2.72. The standard InChI is InChI=1S/C16H16Cl4N2O4S/c1-8(2)12(15(25)26-7-16(18,19)20)22-13(17)11(14(22)24)21-10(23)6-9-4-3-5-27-9/h3-5,11-13H,1,6-7H2,2H3,(H,21,23). The van der Waals surface area contributed by atoms with Crippen molar-refractivity contribution < 1.29 is 19.1 Å². The number of halogens is 4. The van der Waals surface area contributed by atoms with Crippen LogP contribution in [0.1, 0.15) is 11.8 Å². The van der Waals surface area contributed by atoms with Gasteiger partial charge in [0.05, 0.1) is 6.42 Å². The maximum Gasteiger partial charge on any atom is 0.333 e. The summed E-state index contributed by atoms with van der Waals surface area (Å²) in [6.07, 6.45) is 0.139. The summed E-state index contributed by atoms with van der Waals surface area (Å²) in [5.41, 5.74) is -0.613. The second-order valence-electron chi connectivity index (χ2n) is 5.89. The third-order valence-electron chi connectivity index (χ3n) is 3.64. The lowest BCUT2D eigenvalue weighted by molar-refractivity contribution is -0.163. The van der Waals surface area contributed by atoms with Crippen LogP contribution in [0, 0.1) is 0 Å². The van der Waals surface area contributed by atoms with Crippen LogP contribution in [0.2, 0.25) is 0 Å². The van der Waals surface area contributed by atoms with Crippen molar-refractivity contribution in [2.24, 2.45) is 0 Å². The summed E-state index contributed by atoms with van der Waals surface area (Å²) in [7, 11) is 0. The van der Waals surface area contributed by atoms with E-state index in [1.807, 2.05) is 17.5 Å². The number of carbonyl (C=O) groups excluding carboxylic acids is 3. The molecule has 27 heavy (non-hydrogen) atoms. The maximum atomic E-state index is 12.5. The quantitative estimate of drug-likeness (QED) is 0.217. The van der Waals surface area contributed by atoms with Gasteiger partial charge in [-0.2, -0.15) is 0 Å². The van der Waals surface area contributed by atoms with Gasteiger partial charge in [-0.3, -0.25) is 9.59 Å². The van der Waals surface area contributed by atoms with Crippen LogP contribution in [0.4, 0.5) is 0 Å². The third kappa shape index (κ3) is 5.74. The molecule has 1 aromatic rings. The van der Waals surface area contributed by atoms with Gasteiger partial charge in [0.1, 0.15) is 18.1 Å². The Hall–Kier alpha value is -0.990. The van der Waals surface area contributed by atoms with Crippen molar-refractivity contribution >= 4 is 75.5 Å². The summed E-state index contributed by atoms with van der Waals surface area (Å²) in [6, 6.07) is 1.56. The van der Waals surface area contributed by atoms with Gasteiger partial charge in [0.2, 0.25) is 9.70 Å². The second-order valence-corrected chi connectivity index (χ2v) is 9.89. The van der Waals surface area contributed by atoms with Gasteiger partial charge < -0.3 is 15.0 Å². The molecule has 11 heteroatoms. The Morgan fingerprint density at radius 3 is 2.59 bits per heavy atom. The molecule has 0 spiro atoms. The van der Waals surface area contributed by atoms with Crippen LogP contribution in [-0.2, 0) is 25.5 Å². The molecule has 3 atom stereocenters. The first-order valence-corrected chi connectivity index (χ1v) is 10.1. The van der Waals surface area contributed by atoms with Crippen LogP contribution in [0.25, 0.3) is 0 Å². The summed E-state index contributed by atoms with van der Waals surface area (Å²) in [4.78, 5) is 38.8. The minimum atomic E-state index is -1.78. The first-order chi connectivity index (χ1) is 12.5. The molecule has 2 heterocycles. The first-order valence-electron chi connectivity index (χ1n) is 7.68. The molecule has 1 saturated heterocycles. The highest BCUT2D eigenvalue weighted by Gasteiger charge is 2.52. The summed E-state index contributed by atoms with van der Waals surface area (Å²) in [6.45, 7) is 4.74. The Labute approximate surface area is 180 Å². The fourth-order valence-corrected chi connectivity index (χ4v) is 3.71. The van der Waals surface area contributed by atoms with Gasteiger partial charge in [-0.25, -0.2) is 4.79 Å². The Morgan fingerprint density at radius 1 is 1.44 bits per heavy atom. The van der Waals surface area contributed by atoms with Crippen LogP contribution >= 0.6 is 57.7 Å². The number of alkyl halides is 4. The summed E-state index contributed by atoms with van der Waals surface area (Å²) in [5, 5.41) is 4.42. The van der Waals surface area contributed by atoms with Gasteiger partial charge in [-0.1, -0.05) is 59.0 Å². The Bertz CT molecular complexity index is 735. The number of hydrogen-bond acceptors (Lipinski definition) is 5. The molecule has 148 valence electrons. The van der Waals surface area contributed by atoms with Crippen molar-refractivity contribution in [2.45, 2.75) is 34.7 Å². The summed E-state index contributed by atoms with van der Waals surface area (Å²) in [5.74, 6) is -1.68. The fraction of sp³-hybridized carbons (Fsp3) is 0.438. The number of thiophene rings is 1. The molecule has 1 aliphatic rings. The van der Waals surface area contributed by atoms with Crippen molar-refractivity contribution in [1.29, 1.82) is 0 Å². The molecule has 0 aromatic carbocycles. The lowest BCUT2D eigenvalue weighted by Gasteiger charge is -2.47. The first kappa shape index (κ1) is 22.3. The highest BCUT2D eigenvalue weighted by atomic mass is 35.6. The molecule has 6 nitrogen and oxygen atoms in total. The monoisotopic (exact) mass is 472 g/mol. The zero-order valence-corrected chi connectivity index (χ0v) is 17.9. The van der Waals surface area contributed by atoms with E-state index in [-0.39, 0.29) is 12.3 Å². The van der Waals surface area contributed by atoms with Crippen molar-refractivity contribution in [3.8, 4) is 0 Å². The number of hydrogen-bond donors (Lipinski definition) is 1. The van der Waals surface area contributed by atoms with E-state index >= 15 is 0 Å². The molecule has 1 aromatic heterocycles. The average Bonchev–Trinajstić information content (AvgIpc) is 3.06. The molecule has 2 amide bonds. The molecular formula is C16H16Cl4N2O4S. The molecule has 3 unspecified atom stereocenters. The zero-order valence-electron chi connectivity index (χ0n) is 14.1. The van der Waals surface area contributed by atoms with Crippen LogP contribution in [0.3, 0.4) is 0 Å². The van der Waals surface area contributed by atoms with Gasteiger partial charge in [0, 0.05) is 4.88 Å². The van der Waals surface area contributed by atoms with Crippen LogP contribution < -0.4 is 5.32 Å². The Morgan fingerprint density at radius 2 is 2.11 bits per heavy atom. The predicted molar refractivity (Wildman–Crippen MR) is 106 cm³/mol. The van der Waals surface area contributed by atoms with Crippen molar-refractivity contribution in [3.05, 3.63) is 34.5 Å². The molecule has 1 aliphatic heterocycles. The Kier molecular flexibility index (Phi) is 7.44. The van der Waals surface area contributed by atoms with Crippen LogP contribution in [-0.4, -0.2) is 50.7 Å². The predicted octanol–water partition coefficient (Wildman–Crippen LogP) is 3.04. The van der Waals surface area contributed by atoms with E-state index in [0.29, 0.717) is 5.57 Å². The number of rotatable bonds is 7. The van der Waals surface area contributed by atoms with Gasteiger partial charge in [-0.15, -0.1) is 11.3 Å². The van der Waals surface area contributed by atoms with Crippen LogP contribution in [0.15, 0.2) is 29.7 Å². The second kappa shape index (κ2) is 9.01. The fourth-order valence-electron chi connectivity index (χ4n) is 2.46. The van der Waals surface area contributed by atoms with E-state index < -0.39 is 39.9 Å². The largest absolute Gasteiger partial charge is 0.459 e. The van der Waals surface area contributed by atoms with Crippen molar-refractivity contribution in [2.75, 3.05) is 6.61 Å². The number of nitrogens with one attached hydrogen (secondary N) is 1. The molecule has 0 saturated carbocycles. The maximum absolute atomic E-state index is 12.5. The topological polar surface area (TPSA) is 75.7 Å². The van der Waals surface area contributed by atoms with Crippen LogP contribution in [0.5, 0.6) is 0 Å². The highest BCUT2D eigenvalue weighted by molar-refractivity contribution is 7.10. The van der Waals surface area contributed by atoms with Gasteiger partial charge >= 0.3 is 5.97 Å².